The number of nitrogens with zero attached hydrogens (tertiary/aromatic N) is 2. The van der Waals surface area contributed by atoms with Crippen LogP contribution in [0.4, 0.5) is 0 Å². The third-order valence-electron chi connectivity index (χ3n) is 5.21. The molecular formula is C22H25N3O3. The number of imidazole rings is 1. The minimum atomic E-state index is -0.377. The highest BCUT2D eigenvalue weighted by atomic mass is 16.5. The maximum Gasteiger partial charge on any atom is 0.358 e. The Morgan fingerprint density at radius 3 is 3.00 bits per heavy atom. The van der Waals surface area contributed by atoms with E-state index in [0.29, 0.717) is 18.1 Å². The van der Waals surface area contributed by atoms with Crippen molar-refractivity contribution in [1.29, 1.82) is 0 Å². The zero-order valence-corrected chi connectivity index (χ0v) is 16.3. The van der Waals surface area contributed by atoms with E-state index in [1.807, 2.05) is 50.2 Å². The van der Waals surface area contributed by atoms with E-state index in [-0.39, 0.29) is 12.0 Å². The van der Waals surface area contributed by atoms with Crippen molar-refractivity contribution in [1.82, 2.24) is 14.9 Å². The number of carbonyl (C=O) groups is 1. The fourth-order valence-corrected chi connectivity index (χ4v) is 3.72. The monoisotopic (exact) mass is 379 g/mol. The van der Waals surface area contributed by atoms with Crippen molar-refractivity contribution in [3.05, 3.63) is 65.4 Å². The van der Waals surface area contributed by atoms with Gasteiger partial charge in [0, 0.05) is 17.3 Å². The first-order valence-corrected chi connectivity index (χ1v) is 9.67. The smallest absolute Gasteiger partial charge is 0.358 e. The van der Waals surface area contributed by atoms with Gasteiger partial charge in [0.2, 0.25) is 0 Å². The first-order valence-electron chi connectivity index (χ1n) is 9.67. The first-order chi connectivity index (χ1) is 13.6. The molecule has 1 aliphatic heterocycles. The molecule has 1 N–H and O–H groups in total. The Kier molecular flexibility index (Phi) is 5.30. The largest absolute Gasteiger partial charge is 0.468 e. The van der Waals surface area contributed by atoms with Gasteiger partial charge in [0.25, 0.3) is 0 Å². The average Bonchev–Trinajstić information content (AvgIpc) is 3.42. The van der Waals surface area contributed by atoms with E-state index in [4.69, 9.17) is 9.15 Å². The molecule has 0 bridgehead atoms. The van der Waals surface area contributed by atoms with Crippen molar-refractivity contribution in [2.45, 2.75) is 39.3 Å². The van der Waals surface area contributed by atoms with Crippen molar-refractivity contribution in [2.75, 3.05) is 13.2 Å². The van der Waals surface area contributed by atoms with Crippen molar-refractivity contribution >= 4 is 5.97 Å². The lowest BCUT2D eigenvalue weighted by atomic mass is 10.1. The predicted molar refractivity (Wildman–Crippen MR) is 106 cm³/mol. The summed E-state index contributed by atoms with van der Waals surface area (Å²) in [5.74, 6) is 1.25. The van der Waals surface area contributed by atoms with Gasteiger partial charge < -0.3 is 14.1 Å². The summed E-state index contributed by atoms with van der Waals surface area (Å²) in [6, 6.07) is 12.1. The Hall–Kier alpha value is -2.86. The topological polar surface area (TPSA) is 71.4 Å². The van der Waals surface area contributed by atoms with Gasteiger partial charge in [0.1, 0.15) is 18.2 Å². The molecule has 1 unspecified atom stereocenters. The Balaban J connectivity index is 1.40. The minimum absolute atomic E-state index is 0.213. The minimum Gasteiger partial charge on any atom is -0.468 e. The second-order valence-corrected chi connectivity index (χ2v) is 7.37. The number of likely N-dealkylation sites (tertiary alicyclic amines) is 1. The number of carbonyl (C=O) groups excluding carboxylic acids is 1. The maximum atomic E-state index is 12.6. The average molecular weight is 379 g/mol. The number of aryl methyl sites for hydroxylation is 2. The molecule has 3 aromatic rings. The highest BCUT2D eigenvalue weighted by Gasteiger charge is 2.27. The van der Waals surface area contributed by atoms with E-state index in [0.717, 1.165) is 48.5 Å². The van der Waals surface area contributed by atoms with Crippen LogP contribution in [0.5, 0.6) is 0 Å². The van der Waals surface area contributed by atoms with Gasteiger partial charge in [0.15, 0.2) is 5.69 Å². The molecule has 146 valence electrons. The molecule has 1 aromatic carbocycles. The summed E-state index contributed by atoms with van der Waals surface area (Å²) in [4.78, 5) is 22.6. The highest BCUT2D eigenvalue weighted by molar-refractivity contribution is 5.89. The summed E-state index contributed by atoms with van der Waals surface area (Å²) in [6.45, 7) is 5.98. The number of furan rings is 1. The zero-order chi connectivity index (χ0) is 19.5. The van der Waals surface area contributed by atoms with Crippen LogP contribution in [0.1, 0.15) is 40.3 Å². The Labute approximate surface area is 164 Å². The normalized spacial score (nSPS) is 17.1. The number of hydrogen-bond donors (Lipinski definition) is 1. The molecule has 4 rings (SSSR count). The number of nitrogens with one attached hydrogen (secondary N) is 1. The van der Waals surface area contributed by atoms with E-state index in [2.05, 4.69) is 14.9 Å². The van der Waals surface area contributed by atoms with E-state index in [9.17, 15) is 4.79 Å². The molecule has 0 saturated carbocycles. The van der Waals surface area contributed by atoms with E-state index < -0.39 is 0 Å². The summed E-state index contributed by atoms with van der Waals surface area (Å²) in [5.41, 5.74) is 3.18. The Morgan fingerprint density at radius 2 is 2.21 bits per heavy atom. The molecule has 0 amide bonds. The van der Waals surface area contributed by atoms with Crippen molar-refractivity contribution in [3.63, 3.8) is 0 Å². The van der Waals surface area contributed by atoms with Crippen LogP contribution < -0.4 is 0 Å². The lowest BCUT2D eigenvalue weighted by Gasteiger charge is -2.22. The van der Waals surface area contributed by atoms with Gasteiger partial charge in [-0.25, -0.2) is 9.78 Å². The van der Waals surface area contributed by atoms with Crippen LogP contribution >= 0.6 is 0 Å². The van der Waals surface area contributed by atoms with E-state index in [1.54, 1.807) is 6.26 Å². The van der Waals surface area contributed by atoms with E-state index >= 15 is 0 Å². The number of ether oxygens (including phenoxy) is 1. The second kappa shape index (κ2) is 8.02. The van der Waals surface area contributed by atoms with Crippen LogP contribution in [0, 0.1) is 13.8 Å². The number of benzene rings is 1. The van der Waals surface area contributed by atoms with Gasteiger partial charge in [-0.15, -0.1) is 0 Å². The van der Waals surface area contributed by atoms with Crippen LogP contribution in [0.25, 0.3) is 11.4 Å². The van der Waals surface area contributed by atoms with Crippen LogP contribution in [0.3, 0.4) is 0 Å². The number of esters is 1. The fraction of sp³-hybridized carbons (Fsp3) is 0.364. The molecule has 1 aliphatic rings. The molecular weight excluding hydrogens is 354 g/mol. The second-order valence-electron chi connectivity index (χ2n) is 7.37. The molecule has 1 saturated heterocycles. The SMILES string of the molecule is Cc1cccc(-c2nc(C(=O)OCC3CCCN3Cc3ccco3)c(C)[nH]2)c1. The van der Waals surface area contributed by atoms with Crippen molar-refractivity contribution in [3.8, 4) is 11.4 Å². The van der Waals surface area contributed by atoms with Gasteiger partial charge in [-0.1, -0.05) is 23.8 Å². The van der Waals surface area contributed by atoms with Gasteiger partial charge in [-0.2, -0.15) is 0 Å². The van der Waals surface area contributed by atoms with Crippen molar-refractivity contribution < 1.29 is 13.9 Å². The lowest BCUT2D eigenvalue weighted by Crippen LogP contribution is -2.33. The highest BCUT2D eigenvalue weighted by Crippen LogP contribution is 2.22. The predicted octanol–water partition coefficient (Wildman–Crippen LogP) is 4.11. The van der Waals surface area contributed by atoms with Crippen LogP contribution in [0.2, 0.25) is 0 Å². The third-order valence-corrected chi connectivity index (χ3v) is 5.21. The molecule has 0 spiro atoms. The van der Waals surface area contributed by atoms with Crippen molar-refractivity contribution in [2.24, 2.45) is 0 Å². The third kappa shape index (κ3) is 4.02. The van der Waals surface area contributed by atoms with Gasteiger partial charge in [-0.3, -0.25) is 4.90 Å². The van der Waals surface area contributed by atoms with Gasteiger partial charge in [-0.05, 0) is 51.4 Å². The summed E-state index contributed by atoms with van der Waals surface area (Å²) in [5, 5.41) is 0. The zero-order valence-electron chi connectivity index (χ0n) is 16.3. The number of hydrogen-bond acceptors (Lipinski definition) is 5. The quantitative estimate of drug-likeness (QED) is 0.653. The maximum absolute atomic E-state index is 12.6. The molecule has 2 aromatic heterocycles. The lowest BCUT2D eigenvalue weighted by molar-refractivity contribution is 0.0379. The number of aromatic nitrogens is 2. The molecule has 28 heavy (non-hydrogen) atoms. The summed E-state index contributed by atoms with van der Waals surface area (Å²) in [6.07, 6.45) is 3.80. The molecule has 1 atom stereocenters. The number of H-pyrrole nitrogens is 1. The molecule has 3 heterocycles. The molecule has 0 radical (unpaired) electrons. The van der Waals surface area contributed by atoms with Crippen LogP contribution in [-0.4, -0.2) is 40.0 Å². The van der Waals surface area contributed by atoms with Crippen LogP contribution in [-0.2, 0) is 11.3 Å². The Morgan fingerprint density at radius 1 is 1.32 bits per heavy atom. The number of aromatic amines is 1. The first kappa shape index (κ1) is 18.5. The molecule has 6 heteroatoms. The molecule has 1 fully saturated rings. The van der Waals surface area contributed by atoms with Crippen LogP contribution in [0.15, 0.2) is 47.1 Å². The van der Waals surface area contributed by atoms with Gasteiger partial charge in [0.05, 0.1) is 12.8 Å². The fourth-order valence-electron chi connectivity index (χ4n) is 3.72. The molecule has 6 nitrogen and oxygen atoms in total. The van der Waals surface area contributed by atoms with E-state index in [1.165, 1.54) is 0 Å². The standard InChI is InChI=1S/C22H25N3O3/c1-15-6-3-7-17(12-15)21-23-16(2)20(24-21)22(26)28-14-18-8-4-10-25(18)13-19-9-5-11-27-19/h3,5-7,9,11-12,18H,4,8,10,13-14H2,1-2H3,(H,23,24). The Bertz CT molecular complexity index is 946. The van der Waals surface area contributed by atoms with Gasteiger partial charge >= 0.3 is 5.97 Å². The number of rotatable bonds is 6. The summed E-state index contributed by atoms with van der Waals surface area (Å²) >= 11 is 0. The molecule has 0 aliphatic carbocycles. The summed E-state index contributed by atoms with van der Waals surface area (Å²) < 4.78 is 11.1. The summed E-state index contributed by atoms with van der Waals surface area (Å²) in [7, 11) is 0.